The van der Waals surface area contributed by atoms with Crippen molar-refractivity contribution in [1.29, 1.82) is 0 Å². The van der Waals surface area contributed by atoms with E-state index in [1.165, 1.54) is 0 Å². The van der Waals surface area contributed by atoms with Crippen molar-refractivity contribution in [2.24, 2.45) is 0 Å². The number of aliphatic hydroxyl groups is 1. The first kappa shape index (κ1) is 5.56. The number of rotatable bonds is 0. The van der Waals surface area contributed by atoms with Gasteiger partial charge in [-0.05, 0) is 6.92 Å². The maximum Gasteiger partial charge on any atom is 0.335 e. The Morgan fingerprint density at radius 2 is 2.50 bits per heavy atom. The van der Waals surface area contributed by atoms with E-state index in [9.17, 15) is 4.79 Å². The van der Waals surface area contributed by atoms with E-state index in [2.05, 4.69) is 11.7 Å². The number of ether oxygens (including phenoxy) is 1. The third-order valence-corrected chi connectivity index (χ3v) is 1.04. The van der Waals surface area contributed by atoms with E-state index in [0.29, 0.717) is 6.42 Å². The Labute approximate surface area is 47.3 Å². The van der Waals surface area contributed by atoms with Gasteiger partial charge in [0.15, 0.2) is 6.10 Å². The van der Waals surface area contributed by atoms with Gasteiger partial charge < -0.3 is 9.84 Å². The van der Waals surface area contributed by atoms with Crippen LogP contribution in [0.15, 0.2) is 0 Å². The standard InChI is InChI=1S/C5H7O3/c1-3-2-4(6)5(7)8-3/h3-4,6H,1-2H2. The zero-order chi connectivity index (χ0) is 6.15. The number of hydrogen-bond acceptors (Lipinski definition) is 3. The second-order valence-corrected chi connectivity index (χ2v) is 1.81. The molecule has 0 aromatic rings. The van der Waals surface area contributed by atoms with Crippen LogP contribution in [-0.2, 0) is 9.53 Å². The van der Waals surface area contributed by atoms with Crippen LogP contribution in [-0.4, -0.2) is 23.3 Å². The molecule has 45 valence electrons. The van der Waals surface area contributed by atoms with Crippen molar-refractivity contribution >= 4 is 5.97 Å². The molecular weight excluding hydrogens is 108 g/mol. The van der Waals surface area contributed by atoms with Crippen LogP contribution in [0.2, 0.25) is 0 Å². The van der Waals surface area contributed by atoms with Gasteiger partial charge in [0.2, 0.25) is 0 Å². The molecule has 1 radical (unpaired) electrons. The Morgan fingerprint density at radius 3 is 2.62 bits per heavy atom. The zero-order valence-corrected chi connectivity index (χ0v) is 4.33. The molecular formula is C5H7O3. The summed E-state index contributed by atoms with van der Waals surface area (Å²) in [6, 6.07) is 0. The lowest BCUT2D eigenvalue weighted by Gasteiger charge is -1.94. The summed E-state index contributed by atoms with van der Waals surface area (Å²) in [4.78, 5) is 10.3. The Kier molecular flexibility index (Phi) is 1.21. The molecule has 0 aliphatic carbocycles. The molecule has 2 atom stereocenters. The molecule has 3 heteroatoms. The van der Waals surface area contributed by atoms with Gasteiger partial charge in [0.1, 0.15) is 6.10 Å². The Hall–Kier alpha value is -0.570. The summed E-state index contributed by atoms with van der Waals surface area (Å²) in [5, 5.41) is 8.65. The quantitative estimate of drug-likeness (QED) is 0.433. The van der Waals surface area contributed by atoms with Crippen LogP contribution < -0.4 is 0 Å². The molecule has 1 saturated heterocycles. The van der Waals surface area contributed by atoms with Gasteiger partial charge in [-0.3, -0.25) is 0 Å². The van der Waals surface area contributed by atoms with E-state index in [-0.39, 0.29) is 6.10 Å². The monoisotopic (exact) mass is 115 g/mol. The van der Waals surface area contributed by atoms with Crippen molar-refractivity contribution in [2.45, 2.75) is 18.6 Å². The predicted molar refractivity (Wildman–Crippen MR) is 25.9 cm³/mol. The molecule has 1 N–H and O–H groups in total. The molecule has 1 aliphatic rings. The minimum Gasteiger partial charge on any atom is -0.460 e. The summed E-state index contributed by atoms with van der Waals surface area (Å²) in [6.07, 6.45) is -0.950. The van der Waals surface area contributed by atoms with Crippen molar-refractivity contribution < 1.29 is 14.6 Å². The van der Waals surface area contributed by atoms with Crippen LogP contribution in [0.4, 0.5) is 0 Å². The minimum atomic E-state index is -0.933. The molecule has 1 rings (SSSR count). The zero-order valence-electron chi connectivity index (χ0n) is 4.33. The van der Waals surface area contributed by atoms with Gasteiger partial charge in [-0.2, -0.15) is 0 Å². The first-order valence-electron chi connectivity index (χ1n) is 2.42. The fourth-order valence-corrected chi connectivity index (χ4v) is 0.636. The van der Waals surface area contributed by atoms with Gasteiger partial charge >= 0.3 is 5.97 Å². The van der Waals surface area contributed by atoms with E-state index in [0.717, 1.165) is 0 Å². The average Bonchev–Trinajstić information content (AvgIpc) is 1.85. The average molecular weight is 115 g/mol. The number of esters is 1. The summed E-state index contributed by atoms with van der Waals surface area (Å²) in [5.74, 6) is -0.551. The van der Waals surface area contributed by atoms with E-state index in [1.807, 2.05) is 0 Å². The number of carbonyl (C=O) groups is 1. The summed E-state index contributed by atoms with van der Waals surface area (Å²) in [6.45, 7) is 3.44. The van der Waals surface area contributed by atoms with E-state index < -0.39 is 12.1 Å². The van der Waals surface area contributed by atoms with Gasteiger partial charge in [0, 0.05) is 6.42 Å². The molecule has 1 fully saturated rings. The van der Waals surface area contributed by atoms with Crippen LogP contribution >= 0.6 is 0 Å². The number of hydrogen-bond donors (Lipinski definition) is 1. The lowest BCUT2D eigenvalue weighted by Crippen LogP contribution is -2.11. The lowest BCUT2D eigenvalue weighted by atomic mass is 10.2. The van der Waals surface area contributed by atoms with Crippen LogP contribution in [0.25, 0.3) is 0 Å². The molecule has 8 heavy (non-hydrogen) atoms. The van der Waals surface area contributed by atoms with Crippen LogP contribution in [0.5, 0.6) is 0 Å². The molecule has 0 spiro atoms. The third-order valence-electron chi connectivity index (χ3n) is 1.04. The highest BCUT2D eigenvalue weighted by Gasteiger charge is 2.29. The highest BCUT2D eigenvalue weighted by molar-refractivity contribution is 5.76. The fraction of sp³-hybridized carbons (Fsp3) is 0.600. The second kappa shape index (κ2) is 1.74. The molecule has 1 aliphatic heterocycles. The summed E-state index contributed by atoms with van der Waals surface area (Å²) in [7, 11) is 0. The fourth-order valence-electron chi connectivity index (χ4n) is 0.636. The van der Waals surface area contributed by atoms with Crippen LogP contribution in [0.3, 0.4) is 0 Å². The first-order chi connectivity index (χ1) is 3.70. The van der Waals surface area contributed by atoms with Crippen molar-refractivity contribution in [3.8, 4) is 0 Å². The topological polar surface area (TPSA) is 46.5 Å². The van der Waals surface area contributed by atoms with E-state index >= 15 is 0 Å². The number of carbonyl (C=O) groups excluding carboxylic acids is 1. The van der Waals surface area contributed by atoms with Gasteiger partial charge in [-0.25, -0.2) is 4.79 Å². The predicted octanol–water partition coefficient (Wildman–Crippen LogP) is -0.503. The van der Waals surface area contributed by atoms with Crippen molar-refractivity contribution in [2.75, 3.05) is 0 Å². The lowest BCUT2D eigenvalue weighted by molar-refractivity contribution is -0.146. The maximum absolute atomic E-state index is 10.3. The third kappa shape index (κ3) is 0.816. The summed E-state index contributed by atoms with van der Waals surface area (Å²) >= 11 is 0. The summed E-state index contributed by atoms with van der Waals surface area (Å²) in [5.41, 5.74) is 0. The first-order valence-corrected chi connectivity index (χ1v) is 2.42. The number of aliphatic hydroxyl groups excluding tert-OH is 1. The molecule has 3 nitrogen and oxygen atoms in total. The van der Waals surface area contributed by atoms with Gasteiger partial charge in [0.25, 0.3) is 0 Å². The van der Waals surface area contributed by atoms with Gasteiger partial charge in [-0.1, -0.05) is 0 Å². The summed E-state index contributed by atoms with van der Waals surface area (Å²) < 4.78 is 4.47. The van der Waals surface area contributed by atoms with Crippen LogP contribution in [0, 0.1) is 6.92 Å². The number of cyclic esters (lactones) is 1. The molecule has 0 saturated carbocycles. The Morgan fingerprint density at radius 1 is 1.88 bits per heavy atom. The largest absolute Gasteiger partial charge is 0.460 e. The van der Waals surface area contributed by atoms with Gasteiger partial charge in [-0.15, -0.1) is 0 Å². The van der Waals surface area contributed by atoms with Crippen molar-refractivity contribution in [1.82, 2.24) is 0 Å². The minimum absolute atomic E-state index is 0.332. The van der Waals surface area contributed by atoms with E-state index in [4.69, 9.17) is 5.11 Å². The Bertz CT molecular complexity index is 110. The second-order valence-electron chi connectivity index (χ2n) is 1.81. The molecule has 2 unspecified atom stereocenters. The normalized spacial score (nSPS) is 37.5. The van der Waals surface area contributed by atoms with E-state index in [1.54, 1.807) is 0 Å². The van der Waals surface area contributed by atoms with Gasteiger partial charge in [0.05, 0.1) is 0 Å². The smallest absolute Gasteiger partial charge is 0.335 e. The SMILES string of the molecule is [CH2]C1CC(O)C(=O)O1. The Balaban J connectivity index is 2.51. The maximum atomic E-state index is 10.3. The van der Waals surface area contributed by atoms with Crippen molar-refractivity contribution in [3.63, 3.8) is 0 Å². The molecule has 0 aromatic heterocycles. The molecule has 1 heterocycles. The highest BCUT2D eigenvalue weighted by Crippen LogP contribution is 2.12. The molecule has 0 aromatic carbocycles. The van der Waals surface area contributed by atoms with Crippen LogP contribution in [0.1, 0.15) is 6.42 Å². The highest BCUT2D eigenvalue weighted by atomic mass is 16.6. The van der Waals surface area contributed by atoms with Crippen molar-refractivity contribution in [3.05, 3.63) is 6.92 Å². The molecule has 0 bridgehead atoms. The molecule has 0 amide bonds.